The molecule has 1 N–H and O–H groups in total. The number of nitro groups is 1. The van der Waals surface area contributed by atoms with Crippen molar-refractivity contribution in [2.75, 3.05) is 0 Å². The van der Waals surface area contributed by atoms with Crippen LogP contribution in [0, 0.1) is 15.9 Å². The lowest BCUT2D eigenvalue weighted by molar-refractivity contribution is -0.384. The number of halogens is 2. The van der Waals surface area contributed by atoms with E-state index in [1.807, 2.05) is 0 Å². The largest absolute Gasteiger partial charge is 0.345 e. The molecule has 1 atom stereocenters. The molecular weight excluding hydrogens is 311 g/mol. The summed E-state index contributed by atoms with van der Waals surface area (Å²) in [5.41, 5.74) is 0.683. The van der Waals surface area contributed by atoms with Gasteiger partial charge in [0, 0.05) is 12.1 Å². The number of non-ortho nitro benzene ring substituents is 1. The molecule has 1 amide bonds. The minimum atomic E-state index is -0.589. The smallest absolute Gasteiger partial charge is 0.270 e. The van der Waals surface area contributed by atoms with Crippen molar-refractivity contribution < 1.29 is 14.1 Å². The maximum absolute atomic E-state index is 12.9. The number of nitrogens with zero attached hydrogens (tertiary/aromatic N) is 1. The van der Waals surface area contributed by atoms with E-state index in [-0.39, 0.29) is 28.1 Å². The number of nitrogens with one attached hydrogen (secondary N) is 1. The number of rotatable bonds is 4. The van der Waals surface area contributed by atoms with E-state index in [9.17, 15) is 19.3 Å². The molecule has 0 bridgehead atoms. The summed E-state index contributed by atoms with van der Waals surface area (Å²) < 4.78 is 12.9. The maximum atomic E-state index is 12.9. The van der Waals surface area contributed by atoms with Gasteiger partial charge in [0.25, 0.3) is 11.6 Å². The van der Waals surface area contributed by atoms with Crippen LogP contribution < -0.4 is 5.32 Å². The highest BCUT2D eigenvalue weighted by Crippen LogP contribution is 2.23. The van der Waals surface area contributed by atoms with E-state index in [1.165, 1.54) is 24.3 Å². The van der Waals surface area contributed by atoms with Crippen molar-refractivity contribution in [1.82, 2.24) is 5.32 Å². The molecule has 0 aliphatic rings. The molecule has 0 radical (unpaired) electrons. The Morgan fingerprint density at radius 3 is 2.45 bits per heavy atom. The predicted octanol–water partition coefficient (Wildman–Crippen LogP) is 3.88. The highest BCUT2D eigenvalue weighted by atomic mass is 35.5. The van der Waals surface area contributed by atoms with E-state index in [4.69, 9.17) is 11.6 Å². The first-order chi connectivity index (χ1) is 10.4. The van der Waals surface area contributed by atoms with Gasteiger partial charge in [-0.15, -0.1) is 0 Å². The van der Waals surface area contributed by atoms with Gasteiger partial charge >= 0.3 is 0 Å². The number of hydrogen-bond donors (Lipinski definition) is 1. The van der Waals surface area contributed by atoms with Crippen LogP contribution in [0.4, 0.5) is 10.1 Å². The molecule has 0 aromatic heterocycles. The standard InChI is InChI=1S/C15H12ClFN2O3/c1-9(10-2-4-11(17)5-3-10)18-15(20)13-7-6-12(19(21)22)8-14(13)16/h2-9H,1H3,(H,18,20)/t9-/m0/s1. The Balaban J connectivity index is 2.15. The van der Waals surface area contributed by atoms with Crippen molar-refractivity contribution >= 4 is 23.2 Å². The van der Waals surface area contributed by atoms with Crippen LogP contribution in [0.5, 0.6) is 0 Å². The lowest BCUT2D eigenvalue weighted by atomic mass is 10.1. The van der Waals surface area contributed by atoms with Crippen LogP contribution in [0.15, 0.2) is 42.5 Å². The van der Waals surface area contributed by atoms with Crippen molar-refractivity contribution in [2.45, 2.75) is 13.0 Å². The molecule has 2 rings (SSSR count). The Morgan fingerprint density at radius 1 is 1.27 bits per heavy atom. The van der Waals surface area contributed by atoms with Crippen molar-refractivity contribution in [3.05, 3.63) is 74.5 Å². The molecule has 0 saturated heterocycles. The zero-order chi connectivity index (χ0) is 16.3. The third kappa shape index (κ3) is 3.59. The molecule has 0 heterocycles. The third-order valence-corrected chi connectivity index (χ3v) is 3.44. The Hall–Kier alpha value is -2.47. The normalized spacial score (nSPS) is 11.8. The minimum Gasteiger partial charge on any atom is -0.345 e. The van der Waals surface area contributed by atoms with Gasteiger partial charge in [-0.3, -0.25) is 14.9 Å². The van der Waals surface area contributed by atoms with Gasteiger partial charge in [0.05, 0.1) is 21.6 Å². The van der Waals surface area contributed by atoms with Crippen molar-refractivity contribution in [3.63, 3.8) is 0 Å². The summed E-state index contributed by atoms with van der Waals surface area (Å²) in [4.78, 5) is 22.2. The molecule has 0 aliphatic carbocycles. The first-order valence-corrected chi connectivity index (χ1v) is 6.76. The monoisotopic (exact) mass is 322 g/mol. The van der Waals surface area contributed by atoms with Crippen molar-refractivity contribution in [3.8, 4) is 0 Å². The molecule has 5 nitrogen and oxygen atoms in total. The van der Waals surface area contributed by atoms with E-state index < -0.39 is 10.8 Å². The second-order valence-corrected chi connectivity index (χ2v) is 5.08. The second kappa shape index (κ2) is 6.53. The summed E-state index contributed by atoms with van der Waals surface area (Å²) >= 11 is 5.90. The van der Waals surface area contributed by atoms with E-state index >= 15 is 0 Å². The van der Waals surface area contributed by atoms with Crippen LogP contribution in [0.2, 0.25) is 5.02 Å². The van der Waals surface area contributed by atoms with E-state index in [1.54, 1.807) is 19.1 Å². The quantitative estimate of drug-likeness (QED) is 0.686. The van der Waals surface area contributed by atoms with Gasteiger partial charge in [0.15, 0.2) is 0 Å². The lowest BCUT2D eigenvalue weighted by Crippen LogP contribution is -2.26. The highest BCUT2D eigenvalue weighted by molar-refractivity contribution is 6.34. The molecule has 0 spiro atoms. The molecule has 2 aromatic carbocycles. The topological polar surface area (TPSA) is 72.2 Å². The van der Waals surface area contributed by atoms with Crippen LogP contribution in [0.3, 0.4) is 0 Å². The predicted molar refractivity (Wildman–Crippen MR) is 80.4 cm³/mol. The number of amides is 1. The summed E-state index contributed by atoms with van der Waals surface area (Å²) in [7, 11) is 0. The second-order valence-electron chi connectivity index (χ2n) is 4.67. The average molecular weight is 323 g/mol. The number of benzene rings is 2. The highest BCUT2D eigenvalue weighted by Gasteiger charge is 2.17. The van der Waals surface area contributed by atoms with Crippen LogP contribution in [0.25, 0.3) is 0 Å². The summed E-state index contributed by atoms with van der Waals surface area (Å²) in [6.07, 6.45) is 0. The summed E-state index contributed by atoms with van der Waals surface area (Å²) in [6, 6.07) is 9.01. The van der Waals surface area contributed by atoms with Crippen LogP contribution in [0.1, 0.15) is 28.9 Å². The molecule has 0 aliphatic heterocycles. The zero-order valence-electron chi connectivity index (χ0n) is 11.5. The molecule has 114 valence electrons. The van der Waals surface area contributed by atoms with Crippen LogP contribution in [-0.4, -0.2) is 10.8 Å². The molecule has 0 unspecified atom stereocenters. The molecule has 0 saturated carbocycles. The average Bonchev–Trinajstić information content (AvgIpc) is 2.47. The Kier molecular flexibility index (Phi) is 4.72. The fourth-order valence-electron chi connectivity index (χ4n) is 1.91. The molecule has 2 aromatic rings. The van der Waals surface area contributed by atoms with Gasteiger partial charge in [-0.1, -0.05) is 23.7 Å². The van der Waals surface area contributed by atoms with Gasteiger partial charge in [0.1, 0.15) is 5.82 Å². The Bertz CT molecular complexity index is 719. The van der Waals surface area contributed by atoms with Crippen molar-refractivity contribution in [2.24, 2.45) is 0 Å². The fourth-order valence-corrected chi connectivity index (χ4v) is 2.17. The van der Waals surface area contributed by atoms with Crippen molar-refractivity contribution in [1.29, 1.82) is 0 Å². The third-order valence-electron chi connectivity index (χ3n) is 3.13. The number of carbonyl (C=O) groups is 1. The number of nitro benzene ring substituents is 1. The maximum Gasteiger partial charge on any atom is 0.270 e. The van der Waals surface area contributed by atoms with Gasteiger partial charge in [-0.05, 0) is 30.7 Å². The number of carbonyl (C=O) groups excluding carboxylic acids is 1. The first kappa shape index (κ1) is 15.9. The molecular formula is C15H12ClFN2O3. The van der Waals surface area contributed by atoms with E-state index in [2.05, 4.69) is 5.32 Å². The Morgan fingerprint density at radius 2 is 1.91 bits per heavy atom. The summed E-state index contributed by atoms with van der Waals surface area (Å²) in [5.74, 6) is -0.822. The first-order valence-electron chi connectivity index (χ1n) is 6.38. The van der Waals surface area contributed by atoms with Gasteiger partial charge in [-0.25, -0.2) is 4.39 Å². The molecule has 7 heteroatoms. The minimum absolute atomic E-state index is 0.00185. The summed E-state index contributed by atoms with van der Waals surface area (Å²) in [6.45, 7) is 1.74. The SMILES string of the molecule is C[C@H](NC(=O)c1ccc([N+](=O)[O-])cc1Cl)c1ccc(F)cc1. The Labute approximate surface area is 130 Å². The van der Waals surface area contributed by atoms with Crippen LogP contribution in [-0.2, 0) is 0 Å². The van der Waals surface area contributed by atoms with E-state index in [0.717, 1.165) is 11.6 Å². The van der Waals surface area contributed by atoms with E-state index in [0.29, 0.717) is 0 Å². The van der Waals surface area contributed by atoms with Gasteiger partial charge < -0.3 is 5.32 Å². The summed E-state index contributed by atoms with van der Waals surface area (Å²) in [5, 5.41) is 13.3. The van der Waals surface area contributed by atoms with Crippen LogP contribution >= 0.6 is 11.6 Å². The fraction of sp³-hybridized carbons (Fsp3) is 0.133. The number of hydrogen-bond acceptors (Lipinski definition) is 3. The van der Waals surface area contributed by atoms with Gasteiger partial charge in [0.2, 0.25) is 0 Å². The zero-order valence-corrected chi connectivity index (χ0v) is 12.3. The lowest BCUT2D eigenvalue weighted by Gasteiger charge is -2.15. The molecule has 22 heavy (non-hydrogen) atoms. The van der Waals surface area contributed by atoms with Gasteiger partial charge in [-0.2, -0.15) is 0 Å². The molecule has 0 fully saturated rings.